The minimum Gasteiger partial charge on any atom is -0.463 e. The lowest BCUT2D eigenvalue weighted by atomic mass is 9.82. The van der Waals surface area contributed by atoms with Crippen molar-refractivity contribution in [2.75, 3.05) is 27.4 Å². The second kappa shape index (κ2) is 12.2. The van der Waals surface area contributed by atoms with E-state index in [0.717, 1.165) is 0 Å². The summed E-state index contributed by atoms with van der Waals surface area (Å²) in [6.45, 7) is 17.5. The SMILES string of the molecule is CCOC(=O)/C(C)=C/[C@H](C(C)C)N(C)C(=O)[C@@H](NC(=O)C(C)(CC)COC)C(C)(C)C. The second-order valence-electron chi connectivity index (χ2n) is 9.87. The van der Waals surface area contributed by atoms with Crippen LogP contribution in [0.1, 0.15) is 68.7 Å². The largest absolute Gasteiger partial charge is 0.463 e. The maximum atomic E-state index is 13.6. The van der Waals surface area contributed by atoms with Crippen LogP contribution in [0.4, 0.5) is 0 Å². The zero-order valence-electron chi connectivity index (χ0n) is 21.4. The van der Waals surface area contributed by atoms with Crippen LogP contribution in [0.3, 0.4) is 0 Å². The smallest absolute Gasteiger partial charge is 0.333 e. The number of nitrogens with one attached hydrogen (secondary N) is 1. The van der Waals surface area contributed by atoms with E-state index in [2.05, 4.69) is 5.32 Å². The van der Waals surface area contributed by atoms with E-state index in [9.17, 15) is 14.4 Å². The Balaban J connectivity index is 5.91. The number of nitrogens with zero attached hydrogens (tertiary/aromatic N) is 1. The van der Waals surface area contributed by atoms with Crippen molar-refractivity contribution in [1.82, 2.24) is 10.2 Å². The second-order valence-corrected chi connectivity index (χ2v) is 9.87. The number of hydrogen-bond acceptors (Lipinski definition) is 5. The number of esters is 1. The van der Waals surface area contributed by atoms with Crippen LogP contribution in [0.25, 0.3) is 0 Å². The maximum Gasteiger partial charge on any atom is 0.333 e. The van der Waals surface area contributed by atoms with Gasteiger partial charge in [0.05, 0.1) is 24.7 Å². The predicted octanol–water partition coefficient (Wildman–Crippen LogP) is 3.57. The van der Waals surface area contributed by atoms with Gasteiger partial charge in [-0.15, -0.1) is 0 Å². The molecule has 0 bridgehead atoms. The van der Waals surface area contributed by atoms with E-state index < -0.39 is 22.8 Å². The molecular weight excluding hydrogens is 396 g/mol. The van der Waals surface area contributed by atoms with Crippen LogP contribution in [0.15, 0.2) is 11.6 Å². The topological polar surface area (TPSA) is 84.9 Å². The lowest BCUT2D eigenvalue weighted by molar-refractivity contribution is -0.144. The fourth-order valence-electron chi connectivity index (χ4n) is 3.27. The molecule has 0 fully saturated rings. The summed E-state index contributed by atoms with van der Waals surface area (Å²) < 4.78 is 10.3. The van der Waals surface area contributed by atoms with Crippen LogP contribution < -0.4 is 5.32 Å². The molecule has 1 unspecified atom stereocenters. The molecule has 0 aromatic carbocycles. The monoisotopic (exact) mass is 440 g/mol. The number of amides is 2. The fraction of sp³-hybridized carbons (Fsp3) is 0.792. The van der Waals surface area contributed by atoms with E-state index in [4.69, 9.17) is 9.47 Å². The Morgan fingerprint density at radius 2 is 1.65 bits per heavy atom. The number of hydrogen-bond donors (Lipinski definition) is 1. The standard InChI is InChI=1S/C24H44N2O5/c1-12-24(9,15-30-11)22(29)25-19(23(6,7)8)20(27)26(10)18(16(3)4)14-17(5)21(28)31-13-2/h14,16,18-19H,12-13,15H2,1-11H3,(H,25,29)/b17-14+/t18-,19-,24?/m1/s1. The van der Waals surface area contributed by atoms with Crippen LogP contribution in [0.5, 0.6) is 0 Å². The Morgan fingerprint density at radius 1 is 1.10 bits per heavy atom. The molecule has 0 radical (unpaired) electrons. The summed E-state index contributed by atoms with van der Waals surface area (Å²) in [5, 5.41) is 2.98. The van der Waals surface area contributed by atoms with E-state index in [-0.39, 0.29) is 30.4 Å². The highest BCUT2D eigenvalue weighted by atomic mass is 16.5. The van der Waals surface area contributed by atoms with E-state index in [1.807, 2.05) is 48.5 Å². The normalized spacial score (nSPS) is 16.3. The minimum absolute atomic E-state index is 0.0593. The molecule has 3 atom stereocenters. The molecule has 0 aliphatic carbocycles. The molecule has 0 rings (SSSR count). The third kappa shape index (κ3) is 8.28. The van der Waals surface area contributed by atoms with Gasteiger partial charge in [0.1, 0.15) is 6.04 Å². The van der Waals surface area contributed by atoms with E-state index >= 15 is 0 Å². The Morgan fingerprint density at radius 3 is 2.03 bits per heavy atom. The highest BCUT2D eigenvalue weighted by molar-refractivity contribution is 5.91. The molecule has 0 saturated heterocycles. The Bertz CT molecular complexity index is 651. The molecule has 0 saturated carbocycles. The predicted molar refractivity (Wildman–Crippen MR) is 123 cm³/mol. The van der Waals surface area contributed by atoms with Gasteiger partial charge in [-0.25, -0.2) is 4.79 Å². The van der Waals surface area contributed by atoms with Crippen molar-refractivity contribution in [3.8, 4) is 0 Å². The molecule has 0 aliphatic rings. The number of carbonyl (C=O) groups is 3. The molecule has 7 heteroatoms. The first-order valence-electron chi connectivity index (χ1n) is 11.1. The van der Waals surface area contributed by atoms with Gasteiger partial charge in [0.2, 0.25) is 11.8 Å². The highest BCUT2D eigenvalue weighted by Gasteiger charge is 2.40. The van der Waals surface area contributed by atoms with Crippen LogP contribution in [0.2, 0.25) is 0 Å². The van der Waals surface area contributed by atoms with E-state index in [1.165, 1.54) is 0 Å². The molecule has 0 spiro atoms. The molecule has 31 heavy (non-hydrogen) atoms. The number of rotatable bonds is 11. The van der Waals surface area contributed by atoms with Gasteiger partial charge in [-0.3, -0.25) is 9.59 Å². The minimum atomic E-state index is -0.731. The average Bonchev–Trinajstić information content (AvgIpc) is 2.67. The van der Waals surface area contributed by atoms with Crippen molar-refractivity contribution in [1.29, 1.82) is 0 Å². The summed E-state index contributed by atoms with van der Waals surface area (Å²) in [7, 11) is 3.27. The van der Waals surface area contributed by atoms with Gasteiger partial charge >= 0.3 is 5.97 Å². The third-order valence-corrected chi connectivity index (χ3v) is 5.68. The fourth-order valence-corrected chi connectivity index (χ4v) is 3.27. The quantitative estimate of drug-likeness (QED) is 0.392. The molecule has 0 aromatic rings. The van der Waals surface area contributed by atoms with Gasteiger partial charge in [-0.05, 0) is 38.5 Å². The summed E-state index contributed by atoms with van der Waals surface area (Å²) >= 11 is 0. The van der Waals surface area contributed by atoms with Crippen molar-refractivity contribution < 1.29 is 23.9 Å². The van der Waals surface area contributed by atoms with E-state index in [0.29, 0.717) is 18.6 Å². The number of methoxy groups -OCH3 is 1. The van der Waals surface area contributed by atoms with Gasteiger partial charge in [0, 0.05) is 19.7 Å². The number of ether oxygens (including phenoxy) is 2. The first-order chi connectivity index (χ1) is 14.2. The zero-order chi connectivity index (χ0) is 24.6. The van der Waals surface area contributed by atoms with Crippen LogP contribution in [-0.2, 0) is 23.9 Å². The molecule has 7 nitrogen and oxygen atoms in total. The average molecular weight is 441 g/mol. The van der Waals surface area contributed by atoms with Gasteiger partial charge < -0.3 is 19.7 Å². The van der Waals surface area contributed by atoms with Crippen LogP contribution in [-0.4, -0.2) is 62.1 Å². The van der Waals surface area contributed by atoms with Crippen LogP contribution in [0, 0.1) is 16.7 Å². The summed E-state index contributed by atoms with van der Waals surface area (Å²) in [4.78, 5) is 40.3. The molecule has 0 aliphatic heterocycles. The Labute approximate surface area is 188 Å². The van der Waals surface area contributed by atoms with Crippen molar-refractivity contribution in [3.63, 3.8) is 0 Å². The molecular formula is C24H44N2O5. The van der Waals surface area contributed by atoms with Gasteiger partial charge in [-0.1, -0.05) is 47.6 Å². The van der Waals surface area contributed by atoms with Crippen molar-refractivity contribution in [3.05, 3.63) is 11.6 Å². The van der Waals surface area contributed by atoms with Gasteiger partial charge in [0.15, 0.2) is 0 Å². The summed E-state index contributed by atoms with van der Waals surface area (Å²) in [6.07, 6.45) is 2.35. The molecule has 1 N–H and O–H groups in total. The molecule has 0 heterocycles. The molecule has 0 aromatic heterocycles. The number of likely N-dealkylation sites (N-methyl/N-ethyl adjacent to an activating group) is 1. The lowest BCUT2D eigenvalue weighted by Gasteiger charge is -2.39. The van der Waals surface area contributed by atoms with E-state index in [1.54, 1.807) is 39.0 Å². The van der Waals surface area contributed by atoms with Crippen molar-refractivity contribution in [2.24, 2.45) is 16.7 Å². The van der Waals surface area contributed by atoms with Gasteiger partial charge in [0.25, 0.3) is 0 Å². The van der Waals surface area contributed by atoms with Gasteiger partial charge in [-0.2, -0.15) is 0 Å². The first kappa shape index (κ1) is 29.1. The summed E-state index contributed by atoms with van der Waals surface area (Å²) in [5.41, 5.74) is -0.783. The van der Waals surface area contributed by atoms with Crippen LogP contribution >= 0.6 is 0 Å². The van der Waals surface area contributed by atoms with Crippen molar-refractivity contribution in [2.45, 2.75) is 80.8 Å². The summed E-state index contributed by atoms with van der Waals surface area (Å²) in [5.74, 6) is -0.752. The highest BCUT2D eigenvalue weighted by Crippen LogP contribution is 2.27. The Kier molecular flexibility index (Phi) is 11.5. The Hall–Kier alpha value is -1.89. The molecule has 180 valence electrons. The van der Waals surface area contributed by atoms with Crippen molar-refractivity contribution >= 4 is 17.8 Å². The maximum absolute atomic E-state index is 13.6. The lowest BCUT2D eigenvalue weighted by Crippen LogP contribution is -2.58. The third-order valence-electron chi connectivity index (χ3n) is 5.68. The number of carbonyl (C=O) groups excluding carboxylic acids is 3. The zero-order valence-corrected chi connectivity index (χ0v) is 21.4. The molecule has 2 amide bonds. The first-order valence-corrected chi connectivity index (χ1v) is 11.1. The summed E-state index contributed by atoms with van der Waals surface area (Å²) in [6, 6.07) is -1.06.